The molecular weight excluding hydrogens is 80.0 g/mol. The zero-order chi connectivity index (χ0) is 4.83. The first-order chi connectivity index (χ1) is 2.91. The average Bonchev–Trinajstić information content (AvgIpc) is 1.61. The lowest BCUT2D eigenvalue weighted by molar-refractivity contribution is 0.215. The molecule has 0 aromatic rings. The maximum absolute atomic E-state index is 4.99. The second kappa shape index (κ2) is 4.43. The first kappa shape index (κ1) is 5.43. The fraction of sp³-hybridized carbons (Fsp3) is 0.667. The highest BCUT2D eigenvalue weighted by Gasteiger charge is 1.58. The Morgan fingerprint density at radius 1 is 2.00 bits per heavy atom. The van der Waals surface area contributed by atoms with E-state index < -0.39 is 0 Å². The molecule has 0 saturated carbocycles. The van der Waals surface area contributed by atoms with Crippen molar-refractivity contribution >= 4 is 6.21 Å². The van der Waals surface area contributed by atoms with Crippen LogP contribution in [-0.4, -0.2) is 19.9 Å². The molecule has 0 saturated heterocycles. The lowest BCUT2D eigenvalue weighted by Gasteiger charge is -1.78. The van der Waals surface area contributed by atoms with Gasteiger partial charge in [0, 0.05) is 6.54 Å². The zero-order valence-electron chi connectivity index (χ0n) is 3.72. The summed E-state index contributed by atoms with van der Waals surface area (Å²) in [5, 5.41) is 3.34. The minimum atomic E-state index is 0.438. The van der Waals surface area contributed by atoms with E-state index in [0.29, 0.717) is 6.54 Å². The topological polar surface area (TPSA) is 47.6 Å². The first-order valence-electron chi connectivity index (χ1n) is 1.67. The van der Waals surface area contributed by atoms with E-state index >= 15 is 0 Å². The minimum Gasteiger partial charge on any atom is -0.399 e. The van der Waals surface area contributed by atoms with Crippen LogP contribution in [0.2, 0.25) is 0 Å². The van der Waals surface area contributed by atoms with E-state index in [9.17, 15) is 0 Å². The van der Waals surface area contributed by atoms with Crippen LogP contribution in [0.25, 0.3) is 0 Å². The zero-order valence-corrected chi connectivity index (χ0v) is 3.72. The monoisotopic (exact) mass is 88.1 g/mol. The van der Waals surface area contributed by atoms with Crippen molar-refractivity contribution in [3.63, 3.8) is 0 Å². The van der Waals surface area contributed by atoms with Gasteiger partial charge in [-0.25, -0.2) is 0 Å². The Hall–Kier alpha value is -0.570. The fourth-order valence-corrected chi connectivity index (χ4v) is 0.118. The van der Waals surface area contributed by atoms with Gasteiger partial charge in [-0.15, -0.1) is 0 Å². The highest BCUT2D eigenvalue weighted by molar-refractivity contribution is 5.58. The third-order valence-corrected chi connectivity index (χ3v) is 0.285. The van der Waals surface area contributed by atoms with Gasteiger partial charge in [0.2, 0.25) is 0 Å². The number of hydrogen-bond donors (Lipinski definition) is 1. The normalized spacial score (nSPS) is 9.67. The molecule has 0 aliphatic carbocycles. The van der Waals surface area contributed by atoms with Gasteiger partial charge in [-0.2, -0.15) is 0 Å². The molecule has 0 radical (unpaired) electrons. The number of oxime groups is 1. The number of rotatable bonds is 2. The predicted octanol–water partition coefficient (Wildman–Crippen LogP) is -0.423. The molecule has 0 fully saturated rings. The van der Waals surface area contributed by atoms with Crippen LogP contribution in [0.3, 0.4) is 0 Å². The molecule has 2 N–H and O–H groups in total. The number of nitrogens with two attached hydrogens (primary N) is 1. The maximum atomic E-state index is 4.99. The fourth-order valence-electron chi connectivity index (χ4n) is 0.118. The first-order valence-corrected chi connectivity index (χ1v) is 1.67. The van der Waals surface area contributed by atoms with Crippen molar-refractivity contribution in [3.05, 3.63) is 0 Å². The van der Waals surface area contributed by atoms with Crippen LogP contribution in [0.15, 0.2) is 5.16 Å². The molecule has 0 heterocycles. The summed E-state index contributed by atoms with van der Waals surface area (Å²) in [7, 11) is 1.48. The average molecular weight is 88.1 g/mol. The van der Waals surface area contributed by atoms with Gasteiger partial charge in [0.25, 0.3) is 0 Å². The molecule has 0 aromatic heterocycles. The van der Waals surface area contributed by atoms with E-state index in [2.05, 4.69) is 9.99 Å². The molecule has 0 aromatic carbocycles. The predicted molar refractivity (Wildman–Crippen MR) is 24.6 cm³/mol. The van der Waals surface area contributed by atoms with Gasteiger partial charge >= 0.3 is 0 Å². The van der Waals surface area contributed by atoms with Gasteiger partial charge in [0.1, 0.15) is 7.11 Å². The minimum absolute atomic E-state index is 0.438. The van der Waals surface area contributed by atoms with Gasteiger partial charge in [-0.3, -0.25) is 0 Å². The Morgan fingerprint density at radius 3 is 2.83 bits per heavy atom. The largest absolute Gasteiger partial charge is 0.399 e. The Morgan fingerprint density at radius 2 is 2.67 bits per heavy atom. The lowest BCUT2D eigenvalue weighted by Crippen LogP contribution is -1.98. The van der Waals surface area contributed by atoms with E-state index in [4.69, 9.17) is 5.73 Å². The van der Waals surface area contributed by atoms with E-state index in [1.807, 2.05) is 0 Å². The van der Waals surface area contributed by atoms with Crippen LogP contribution in [0, 0.1) is 0 Å². The Bertz CT molecular complexity index is 38.1. The third-order valence-electron chi connectivity index (χ3n) is 0.285. The molecule has 36 valence electrons. The van der Waals surface area contributed by atoms with Gasteiger partial charge in [-0.1, -0.05) is 5.16 Å². The molecule has 0 aliphatic heterocycles. The molecule has 0 atom stereocenters. The highest BCUT2D eigenvalue weighted by Crippen LogP contribution is 1.57. The molecule has 0 bridgehead atoms. The second-order valence-corrected chi connectivity index (χ2v) is 0.706. The van der Waals surface area contributed by atoms with Crippen LogP contribution in [0.5, 0.6) is 0 Å². The molecule has 6 heavy (non-hydrogen) atoms. The highest BCUT2D eigenvalue weighted by atomic mass is 16.6. The SMILES string of the molecule is CON=CCN. The van der Waals surface area contributed by atoms with E-state index in [1.165, 1.54) is 13.3 Å². The van der Waals surface area contributed by atoms with Crippen molar-refractivity contribution in [2.24, 2.45) is 10.9 Å². The van der Waals surface area contributed by atoms with Gasteiger partial charge in [0.05, 0.1) is 6.21 Å². The molecule has 0 amide bonds. The summed E-state index contributed by atoms with van der Waals surface area (Å²) in [6.07, 6.45) is 1.49. The summed E-state index contributed by atoms with van der Waals surface area (Å²) in [5.41, 5.74) is 4.99. The van der Waals surface area contributed by atoms with Crippen molar-refractivity contribution in [1.82, 2.24) is 0 Å². The van der Waals surface area contributed by atoms with E-state index in [0.717, 1.165) is 0 Å². The molecule has 0 aliphatic rings. The summed E-state index contributed by atoms with van der Waals surface area (Å²) in [6, 6.07) is 0. The van der Waals surface area contributed by atoms with Crippen molar-refractivity contribution < 1.29 is 4.84 Å². The molecule has 0 unspecified atom stereocenters. The summed E-state index contributed by atoms with van der Waals surface area (Å²) in [5.74, 6) is 0. The standard InChI is InChI=1S/C3H8N2O/c1-6-5-3-2-4/h3H,2,4H2,1H3. The number of hydrogen-bond acceptors (Lipinski definition) is 3. The molecular formula is C3H8N2O. The molecule has 3 nitrogen and oxygen atoms in total. The van der Waals surface area contributed by atoms with Crippen LogP contribution in [0.4, 0.5) is 0 Å². The summed E-state index contributed by atoms with van der Waals surface area (Å²) in [6.45, 7) is 0.438. The summed E-state index contributed by atoms with van der Waals surface area (Å²) in [4.78, 5) is 4.27. The smallest absolute Gasteiger partial charge is 0.106 e. The second-order valence-electron chi connectivity index (χ2n) is 0.706. The van der Waals surface area contributed by atoms with Crippen molar-refractivity contribution in [2.45, 2.75) is 0 Å². The van der Waals surface area contributed by atoms with Crippen molar-refractivity contribution in [1.29, 1.82) is 0 Å². The van der Waals surface area contributed by atoms with Gasteiger partial charge < -0.3 is 10.6 Å². The molecule has 0 rings (SSSR count). The van der Waals surface area contributed by atoms with Crippen LogP contribution in [0.1, 0.15) is 0 Å². The quantitative estimate of drug-likeness (QED) is 0.368. The van der Waals surface area contributed by atoms with E-state index in [-0.39, 0.29) is 0 Å². The Kier molecular flexibility index (Phi) is 4.01. The maximum Gasteiger partial charge on any atom is 0.106 e. The van der Waals surface area contributed by atoms with Gasteiger partial charge in [0.15, 0.2) is 0 Å². The Labute approximate surface area is 36.8 Å². The molecule has 3 heteroatoms. The van der Waals surface area contributed by atoms with Crippen LogP contribution < -0.4 is 5.73 Å². The Balaban J connectivity index is 2.73. The lowest BCUT2D eigenvalue weighted by atomic mass is 10.8. The van der Waals surface area contributed by atoms with E-state index in [1.54, 1.807) is 0 Å². The summed E-state index contributed by atoms with van der Waals surface area (Å²) >= 11 is 0. The van der Waals surface area contributed by atoms with Crippen LogP contribution >= 0.6 is 0 Å². The van der Waals surface area contributed by atoms with Crippen LogP contribution in [-0.2, 0) is 4.84 Å². The summed E-state index contributed by atoms with van der Waals surface area (Å²) < 4.78 is 0. The molecule has 0 spiro atoms. The van der Waals surface area contributed by atoms with Crippen molar-refractivity contribution in [2.75, 3.05) is 13.7 Å². The number of nitrogens with zero attached hydrogens (tertiary/aromatic N) is 1. The van der Waals surface area contributed by atoms with Crippen molar-refractivity contribution in [3.8, 4) is 0 Å². The third kappa shape index (κ3) is 3.43. The van der Waals surface area contributed by atoms with Gasteiger partial charge in [-0.05, 0) is 0 Å².